The molecule has 0 radical (unpaired) electrons. The predicted molar refractivity (Wildman–Crippen MR) is 132 cm³/mol. The molecule has 4 aromatic rings. The molecular weight excluding hydrogens is 467 g/mol. The van der Waals surface area contributed by atoms with Gasteiger partial charge >= 0.3 is 6.18 Å². The van der Waals surface area contributed by atoms with Gasteiger partial charge in [0.15, 0.2) is 11.4 Å². The molecule has 0 aliphatic carbocycles. The van der Waals surface area contributed by atoms with Crippen LogP contribution in [0, 0.1) is 0 Å². The van der Waals surface area contributed by atoms with E-state index in [9.17, 15) is 18.0 Å². The number of imidazole rings is 1. The van der Waals surface area contributed by atoms with E-state index in [1.165, 1.54) is 6.07 Å². The first-order valence-corrected chi connectivity index (χ1v) is 11.6. The van der Waals surface area contributed by atoms with Crippen molar-refractivity contribution in [3.8, 4) is 5.75 Å². The predicted octanol–water partition coefficient (Wildman–Crippen LogP) is 6.37. The lowest BCUT2D eigenvalue weighted by atomic mass is 9.90. The van der Waals surface area contributed by atoms with Gasteiger partial charge in [-0.2, -0.15) is 13.2 Å². The van der Waals surface area contributed by atoms with Gasteiger partial charge in [-0.3, -0.25) is 4.79 Å². The van der Waals surface area contributed by atoms with Gasteiger partial charge in [0.05, 0.1) is 11.3 Å². The summed E-state index contributed by atoms with van der Waals surface area (Å²) in [6.45, 7) is 5.91. The number of halogens is 3. The van der Waals surface area contributed by atoms with Crippen molar-refractivity contribution in [3.05, 3.63) is 102 Å². The van der Waals surface area contributed by atoms with Gasteiger partial charge in [-0.25, -0.2) is 4.98 Å². The number of nitrogens with zero attached hydrogens (tertiary/aromatic N) is 2. The van der Waals surface area contributed by atoms with E-state index in [0.717, 1.165) is 17.7 Å². The van der Waals surface area contributed by atoms with Gasteiger partial charge in [-0.15, -0.1) is 0 Å². The molecular formula is C28H28F3N3O2. The van der Waals surface area contributed by atoms with Gasteiger partial charge in [-0.05, 0) is 50.1 Å². The van der Waals surface area contributed by atoms with E-state index in [1.54, 1.807) is 35.0 Å². The van der Waals surface area contributed by atoms with Gasteiger partial charge in [-0.1, -0.05) is 48.5 Å². The lowest BCUT2D eigenvalue weighted by Gasteiger charge is -2.24. The zero-order valence-electron chi connectivity index (χ0n) is 20.3. The van der Waals surface area contributed by atoms with Crippen LogP contribution in [-0.2, 0) is 17.6 Å². The van der Waals surface area contributed by atoms with E-state index in [1.807, 2.05) is 51.1 Å². The third-order valence-corrected chi connectivity index (χ3v) is 5.64. The van der Waals surface area contributed by atoms with Crippen LogP contribution in [0.3, 0.4) is 0 Å². The fourth-order valence-corrected chi connectivity index (χ4v) is 4.09. The highest BCUT2D eigenvalue weighted by molar-refractivity contribution is 5.78. The molecule has 0 saturated carbocycles. The van der Waals surface area contributed by atoms with Crippen molar-refractivity contribution in [2.75, 3.05) is 0 Å². The SMILES string of the molecule is CC(C)(C)NC(=O)CC(c1cccc(C(F)(F)F)c1)c1cnc2c(OCc3ccccc3)cccn12. The fourth-order valence-electron chi connectivity index (χ4n) is 4.09. The molecule has 36 heavy (non-hydrogen) atoms. The Hall–Kier alpha value is -3.81. The van der Waals surface area contributed by atoms with Crippen molar-refractivity contribution in [2.45, 2.75) is 51.4 Å². The number of nitrogens with one attached hydrogen (secondary N) is 1. The summed E-state index contributed by atoms with van der Waals surface area (Å²) in [5.41, 5.74) is 1.25. The summed E-state index contributed by atoms with van der Waals surface area (Å²) in [7, 11) is 0. The summed E-state index contributed by atoms with van der Waals surface area (Å²) in [6.07, 6.45) is -1.16. The molecule has 1 unspecified atom stereocenters. The Morgan fingerprint density at radius 1 is 1.03 bits per heavy atom. The second-order valence-corrected chi connectivity index (χ2v) is 9.70. The molecule has 0 aliphatic rings. The quantitative estimate of drug-likeness (QED) is 0.324. The van der Waals surface area contributed by atoms with E-state index < -0.39 is 23.2 Å². The number of hydrogen-bond acceptors (Lipinski definition) is 3. The molecule has 2 aromatic carbocycles. The monoisotopic (exact) mass is 495 g/mol. The molecule has 5 nitrogen and oxygen atoms in total. The Labute approximate surface area is 207 Å². The molecule has 0 spiro atoms. The van der Waals surface area contributed by atoms with Crippen LogP contribution in [0.1, 0.15) is 55.5 Å². The summed E-state index contributed by atoms with van der Waals surface area (Å²) in [5, 5.41) is 2.91. The first kappa shape index (κ1) is 25.3. The number of alkyl halides is 3. The Balaban J connectivity index is 1.72. The lowest BCUT2D eigenvalue weighted by Crippen LogP contribution is -2.41. The van der Waals surface area contributed by atoms with Crippen LogP contribution in [0.25, 0.3) is 5.65 Å². The first-order chi connectivity index (χ1) is 17.0. The van der Waals surface area contributed by atoms with Crippen LogP contribution in [0.5, 0.6) is 5.75 Å². The van der Waals surface area contributed by atoms with Crippen LogP contribution in [0.2, 0.25) is 0 Å². The molecule has 0 bridgehead atoms. The number of hydrogen-bond donors (Lipinski definition) is 1. The summed E-state index contributed by atoms with van der Waals surface area (Å²) in [5.74, 6) is -0.389. The first-order valence-electron chi connectivity index (χ1n) is 11.6. The van der Waals surface area contributed by atoms with Crippen LogP contribution >= 0.6 is 0 Å². The third kappa shape index (κ3) is 6.05. The minimum absolute atomic E-state index is 0.0402. The molecule has 1 atom stereocenters. The smallest absolute Gasteiger partial charge is 0.416 e. The van der Waals surface area contributed by atoms with Crippen molar-refractivity contribution >= 4 is 11.6 Å². The highest BCUT2D eigenvalue weighted by Crippen LogP contribution is 2.35. The van der Waals surface area contributed by atoms with Gasteiger partial charge < -0.3 is 14.5 Å². The lowest BCUT2D eigenvalue weighted by molar-refractivity contribution is -0.137. The minimum Gasteiger partial charge on any atom is -0.485 e. The highest BCUT2D eigenvalue weighted by Gasteiger charge is 2.32. The molecule has 4 rings (SSSR count). The van der Waals surface area contributed by atoms with Crippen molar-refractivity contribution in [1.29, 1.82) is 0 Å². The number of pyridine rings is 1. The van der Waals surface area contributed by atoms with E-state index in [-0.39, 0.29) is 12.3 Å². The zero-order valence-corrected chi connectivity index (χ0v) is 20.3. The number of carbonyl (C=O) groups excluding carboxylic acids is 1. The molecule has 2 aromatic heterocycles. The van der Waals surface area contributed by atoms with Crippen molar-refractivity contribution in [2.24, 2.45) is 0 Å². The number of ether oxygens (including phenoxy) is 1. The zero-order chi connectivity index (χ0) is 25.9. The van der Waals surface area contributed by atoms with E-state index in [0.29, 0.717) is 29.3 Å². The maximum absolute atomic E-state index is 13.5. The summed E-state index contributed by atoms with van der Waals surface area (Å²) < 4.78 is 48.2. The number of fused-ring (bicyclic) bond motifs is 1. The average molecular weight is 496 g/mol. The average Bonchev–Trinajstić information content (AvgIpc) is 3.25. The Morgan fingerprint density at radius 3 is 2.47 bits per heavy atom. The second kappa shape index (κ2) is 10.0. The molecule has 1 amide bonds. The highest BCUT2D eigenvalue weighted by atomic mass is 19.4. The van der Waals surface area contributed by atoms with Crippen molar-refractivity contribution in [1.82, 2.24) is 14.7 Å². The Kier molecular flexibility index (Phi) is 7.06. The third-order valence-electron chi connectivity index (χ3n) is 5.64. The molecule has 0 fully saturated rings. The molecule has 1 N–H and O–H groups in total. The van der Waals surface area contributed by atoms with Gasteiger partial charge in [0.1, 0.15) is 6.61 Å². The van der Waals surface area contributed by atoms with Gasteiger partial charge in [0, 0.05) is 30.3 Å². The van der Waals surface area contributed by atoms with Crippen LogP contribution in [-0.4, -0.2) is 20.8 Å². The summed E-state index contributed by atoms with van der Waals surface area (Å²) >= 11 is 0. The number of carbonyl (C=O) groups is 1. The topological polar surface area (TPSA) is 55.6 Å². The standard InChI is InChI=1S/C28H28F3N3O2/c1-27(2,3)33-25(35)16-22(20-11-7-12-21(15-20)28(29,30)31)23-17-32-26-24(13-8-14-34(23)26)36-18-19-9-5-4-6-10-19/h4-15,17,22H,16,18H2,1-3H3,(H,33,35). The Bertz CT molecular complexity index is 1340. The maximum Gasteiger partial charge on any atom is 0.416 e. The number of benzene rings is 2. The van der Waals surface area contributed by atoms with Crippen LogP contribution in [0.15, 0.2) is 79.1 Å². The van der Waals surface area contributed by atoms with Gasteiger partial charge in [0.25, 0.3) is 0 Å². The van der Waals surface area contributed by atoms with Gasteiger partial charge in [0.2, 0.25) is 5.91 Å². The van der Waals surface area contributed by atoms with Crippen LogP contribution in [0.4, 0.5) is 13.2 Å². The van der Waals surface area contributed by atoms with E-state index in [4.69, 9.17) is 4.74 Å². The molecule has 2 heterocycles. The maximum atomic E-state index is 13.5. The Morgan fingerprint density at radius 2 is 1.78 bits per heavy atom. The molecule has 8 heteroatoms. The minimum atomic E-state index is -4.49. The number of rotatable bonds is 7. The van der Waals surface area contributed by atoms with Crippen LogP contribution < -0.4 is 10.1 Å². The summed E-state index contributed by atoms with van der Waals surface area (Å²) in [6, 6.07) is 18.4. The molecule has 0 aliphatic heterocycles. The molecule has 0 saturated heterocycles. The number of aromatic nitrogens is 2. The second-order valence-electron chi connectivity index (χ2n) is 9.70. The normalized spacial score (nSPS) is 12.9. The van der Waals surface area contributed by atoms with Crippen molar-refractivity contribution < 1.29 is 22.7 Å². The van der Waals surface area contributed by atoms with E-state index >= 15 is 0 Å². The molecule has 188 valence electrons. The van der Waals surface area contributed by atoms with E-state index in [2.05, 4.69) is 10.3 Å². The number of amides is 1. The largest absolute Gasteiger partial charge is 0.485 e. The fraction of sp³-hybridized carbons (Fsp3) is 0.286. The van der Waals surface area contributed by atoms with Crippen molar-refractivity contribution in [3.63, 3.8) is 0 Å². The summed E-state index contributed by atoms with van der Waals surface area (Å²) in [4.78, 5) is 17.4.